The zero-order valence-corrected chi connectivity index (χ0v) is 19.8. The number of benzene rings is 3. The van der Waals surface area contributed by atoms with E-state index in [2.05, 4.69) is 5.32 Å². The number of ether oxygens (including phenoxy) is 2. The standard InChI is InChI=1S/C28H32N2O4/c1-20(28(32)29-23-12-4-5-13-23)30(18-21-9-7-14-24(17-21)33-2)27(31)19-34-26-16-8-11-22-10-3-6-15-25(22)26/h3,6-11,14-17,20,23H,4-5,12-13,18-19H2,1-2H3,(H,29,32). The highest BCUT2D eigenvalue weighted by Crippen LogP contribution is 2.25. The molecule has 3 aromatic rings. The van der Waals surface area contributed by atoms with Gasteiger partial charge in [0, 0.05) is 18.0 Å². The van der Waals surface area contributed by atoms with Crippen molar-refractivity contribution in [3.63, 3.8) is 0 Å². The van der Waals surface area contributed by atoms with Crippen molar-refractivity contribution in [3.05, 3.63) is 72.3 Å². The first-order chi connectivity index (χ1) is 16.5. The van der Waals surface area contributed by atoms with Gasteiger partial charge in [0.05, 0.1) is 7.11 Å². The van der Waals surface area contributed by atoms with Crippen LogP contribution in [0.25, 0.3) is 10.8 Å². The molecular weight excluding hydrogens is 428 g/mol. The molecule has 1 unspecified atom stereocenters. The minimum absolute atomic E-state index is 0.131. The smallest absolute Gasteiger partial charge is 0.261 e. The van der Waals surface area contributed by atoms with E-state index in [1.807, 2.05) is 66.7 Å². The van der Waals surface area contributed by atoms with E-state index in [4.69, 9.17) is 9.47 Å². The number of hydrogen-bond donors (Lipinski definition) is 1. The van der Waals surface area contributed by atoms with Gasteiger partial charge in [0.15, 0.2) is 6.61 Å². The third-order valence-electron chi connectivity index (χ3n) is 6.46. The maximum absolute atomic E-state index is 13.4. The third kappa shape index (κ3) is 5.68. The van der Waals surface area contributed by atoms with E-state index in [1.54, 1.807) is 18.9 Å². The molecule has 0 spiro atoms. The molecule has 1 fully saturated rings. The minimum atomic E-state index is -0.629. The molecule has 4 rings (SSSR count). The third-order valence-corrected chi connectivity index (χ3v) is 6.46. The number of rotatable bonds is 9. The summed E-state index contributed by atoms with van der Waals surface area (Å²) in [7, 11) is 1.61. The van der Waals surface area contributed by atoms with Gasteiger partial charge in [0.2, 0.25) is 5.91 Å². The molecule has 2 amide bonds. The number of nitrogens with one attached hydrogen (secondary N) is 1. The van der Waals surface area contributed by atoms with Crippen LogP contribution in [0.1, 0.15) is 38.2 Å². The van der Waals surface area contributed by atoms with Crippen LogP contribution in [0.5, 0.6) is 11.5 Å². The molecule has 178 valence electrons. The Bertz CT molecular complexity index is 1130. The summed E-state index contributed by atoms with van der Waals surface area (Å²) in [6, 6.07) is 20.8. The largest absolute Gasteiger partial charge is 0.497 e. The molecule has 34 heavy (non-hydrogen) atoms. The quantitative estimate of drug-likeness (QED) is 0.503. The predicted octanol–water partition coefficient (Wildman–Crippen LogP) is 4.70. The summed E-state index contributed by atoms with van der Waals surface area (Å²) in [6.45, 7) is 1.91. The number of amides is 2. The predicted molar refractivity (Wildman–Crippen MR) is 133 cm³/mol. The number of carbonyl (C=O) groups excluding carboxylic acids is 2. The fraction of sp³-hybridized carbons (Fsp3) is 0.357. The molecule has 0 radical (unpaired) electrons. The highest BCUT2D eigenvalue weighted by Gasteiger charge is 2.29. The van der Waals surface area contributed by atoms with E-state index in [0.717, 1.165) is 42.0 Å². The molecule has 1 aliphatic carbocycles. The molecule has 0 bridgehead atoms. The first-order valence-corrected chi connectivity index (χ1v) is 11.9. The summed E-state index contributed by atoms with van der Waals surface area (Å²) in [5.74, 6) is 0.980. The monoisotopic (exact) mass is 460 g/mol. The van der Waals surface area contributed by atoms with Gasteiger partial charge in [-0.05, 0) is 48.9 Å². The van der Waals surface area contributed by atoms with Crippen molar-refractivity contribution >= 4 is 22.6 Å². The van der Waals surface area contributed by atoms with Crippen LogP contribution < -0.4 is 14.8 Å². The van der Waals surface area contributed by atoms with E-state index in [9.17, 15) is 9.59 Å². The molecule has 0 aliphatic heterocycles. The maximum atomic E-state index is 13.4. The normalized spacial score (nSPS) is 14.5. The number of methoxy groups -OCH3 is 1. The minimum Gasteiger partial charge on any atom is -0.497 e. The molecule has 1 saturated carbocycles. The van der Waals surface area contributed by atoms with Gasteiger partial charge in [-0.25, -0.2) is 0 Å². The Balaban J connectivity index is 1.51. The molecular formula is C28H32N2O4. The van der Waals surface area contributed by atoms with Crippen LogP contribution in [0.4, 0.5) is 0 Å². The molecule has 1 aliphatic rings. The van der Waals surface area contributed by atoms with Crippen molar-refractivity contribution < 1.29 is 19.1 Å². The first-order valence-electron chi connectivity index (χ1n) is 11.9. The van der Waals surface area contributed by atoms with Crippen LogP contribution in [0.2, 0.25) is 0 Å². The van der Waals surface area contributed by atoms with Crippen molar-refractivity contribution in [1.82, 2.24) is 10.2 Å². The lowest BCUT2D eigenvalue weighted by atomic mass is 10.1. The van der Waals surface area contributed by atoms with Crippen LogP contribution in [-0.2, 0) is 16.1 Å². The number of nitrogens with zero attached hydrogens (tertiary/aromatic N) is 1. The summed E-state index contributed by atoms with van der Waals surface area (Å²) in [6.07, 6.45) is 4.24. The number of fused-ring (bicyclic) bond motifs is 1. The van der Waals surface area contributed by atoms with Gasteiger partial charge in [0.1, 0.15) is 17.5 Å². The van der Waals surface area contributed by atoms with E-state index < -0.39 is 6.04 Å². The lowest BCUT2D eigenvalue weighted by Gasteiger charge is -2.30. The molecule has 6 nitrogen and oxygen atoms in total. The van der Waals surface area contributed by atoms with Gasteiger partial charge in [-0.3, -0.25) is 9.59 Å². The Labute approximate surface area is 200 Å². The van der Waals surface area contributed by atoms with Crippen LogP contribution in [-0.4, -0.2) is 42.5 Å². The summed E-state index contributed by atoms with van der Waals surface area (Å²) in [5.41, 5.74) is 0.887. The van der Waals surface area contributed by atoms with Gasteiger partial charge in [-0.1, -0.05) is 61.4 Å². The summed E-state index contributed by atoms with van der Waals surface area (Å²) < 4.78 is 11.3. The number of hydrogen-bond acceptors (Lipinski definition) is 4. The maximum Gasteiger partial charge on any atom is 0.261 e. The lowest BCUT2D eigenvalue weighted by Crippen LogP contribution is -2.50. The summed E-state index contributed by atoms with van der Waals surface area (Å²) >= 11 is 0. The Morgan fingerprint density at radius 1 is 1.03 bits per heavy atom. The van der Waals surface area contributed by atoms with E-state index in [-0.39, 0.29) is 31.0 Å². The summed E-state index contributed by atoms with van der Waals surface area (Å²) in [4.78, 5) is 28.0. The molecule has 0 aromatic heterocycles. The molecule has 0 heterocycles. The zero-order chi connectivity index (χ0) is 23.9. The second-order valence-electron chi connectivity index (χ2n) is 8.81. The Hall–Kier alpha value is -3.54. The van der Waals surface area contributed by atoms with E-state index in [1.165, 1.54) is 0 Å². The van der Waals surface area contributed by atoms with E-state index >= 15 is 0 Å². The van der Waals surface area contributed by atoms with Crippen molar-refractivity contribution in [1.29, 1.82) is 0 Å². The van der Waals surface area contributed by atoms with Crippen molar-refractivity contribution in [2.75, 3.05) is 13.7 Å². The summed E-state index contributed by atoms with van der Waals surface area (Å²) in [5, 5.41) is 5.12. The zero-order valence-electron chi connectivity index (χ0n) is 19.8. The fourth-order valence-corrected chi connectivity index (χ4v) is 4.49. The second kappa shape index (κ2) is 11.1. The second-order valence-corrected chi connectivity index (χ2v) is 8.81. The van der Waals surface area contributed by atoms with Crippen LogP contribution in [0.3, 0.4) is 0 Å². The molecule has 6 heteroatoms. The Kier molecular flexibility index (Phi) is 7.68. The SMILES string of the molecule is COc1cccc(CN(C(=O)COc2cccc3ccccc23)C(C)C(=O)NC2CCCC2)c1. The van der Waals surface area contributed by atoms with Gasteiger partial charge in [0.25, 0.3) is 5.91 Å². The van der Waals surface area contributed by atoms with E-state index in [0.29, 0.717) is 11.5 Å². The Morgan fingerprint density at radius 2 is 1.76 bits per heavy atom. The molecule has 3 aromatic carbocycles. The van der Waals surface area contributed by atoms with Crippen molar-refractivity contribution in [2.24, 2.45) is 0 Å². The molecule has 1 atom stereocenters. The average molecular weight is 461 g/mol. The molecule has 1 N–H and O–H groups in total. The van der Waals surface area contributed by atoms with Gasteiger partial charge in [-0.2, -0.15) is 0 Å². The van der Waals surface area contributed by atoms with Crippen LogP contribution in [0.15, 0.2) is 66.7 Å². The number of carbonyl (C=O) groups is 2. The highest BCUT2D eigenvalue weighted by atomic mass is 16.5. The first kappa shape index (κ1) is 23.6. The van der Waals surface area contributed by atoms with Crippen molar-refractivity contribution in [2.45, 2.75) is 51.2 Å². The van der Waals surface area contributed by atoms with Crippen LogP contribution in [0, 0.1) is 0 Å². The lowest BCUT2D eigenvalue weighted by molar-refractivity contribution is -0.142. The average Bonchev–Trinajstić information content (AvgIpc) is 3.38. The highest BCUT2D eigenvalue weighted by molar-refractivity contribution is 5.90. The molecule has 0 saturated heterocycles. The fourth-order valence-electron chi connectivity index (χ4n) is 4.49. The van der Waals surface area contributed by atoms with Gasteiger partial charge >= 0.3 is 0 Å². The topological polar surface area (TPSA) is 67.9 Å². The Morgan fingerprint density at radius 3 is 2.56 bits per heavy atom. The van der Waals surface area contributed by atoms with Gasteiger partial charge < -0.3 is 19.7 Å². The van der Waals surface area contributed by atoms with Crippen LogP contribution >= 0.6 is 0 Å². The van der Waals surface area contributed by atoms with Crippen molar-refractivity contribution in [3.8, 4) is 11.5 Å². The van der Waals surface area contributed by atoms with Gasteiger partial charge in [-0.15, -0.1) is 0 Å².